The second kappa shape index (κ2) is 13.4. The van der Waals surface area contributed by atoms with Crippen molar-refractivity contribution in [3.05, 3.63) is 136 Å². The van der Waals surface area contributed by atoms with Crippen molar-refractivity contribution in [1.82, 2.24) is 14.2 Å². The first-order chi connectivity index (χ1) is 24.1. The molecule has 3 unspecified atom stereocenters. The summed E-state index contributed by atoms with van der Waals surface area (Å²) in [7, 11) is -2.96. The molecule has 2 aliphatic heterocycles. The lowest BCUT2D eigenvalue weighted by Crippen LogP contribution is -2.45. The Labute approximate surface area is 298 Å². The number of rotatable bonds is 7. The number of nitrogens with zero attached hydrogens (tertiary/aromatic N) is 3. The number of halogens is 2. The molecule has 50 heavy (non-hydrogen) atoms. The summed E-state index contributed by atoms with van der Waals surface area (Å²) in [6.45, 7) is 0.352. The van der Waals surface area contributed by atoms with Crippen LogP contribution >= 0.6 is 23.2 Å². The van der Waals surface area contributed by atoms with Crippen LogP contribution in [0.1, 0.15) is 52.0 Å². The molecule has 0 spiro atoms. The molecule has 2 amide bonds. The Morgan fingerprint density at radius 1 is 0.900 bits per heavy atom. The third kappa shape index (κ3) is 6.06. The average molecular weight is 730 g/mol. The van der Waals surface area contributed by atoms with E-state index in [9.17, 15) is 22.8 Å². The van der Waals surface area contributed by atoms with Gasteiger partial charge in [-0.15, -0.1) is 0 Å². The first kappa shape index (κ1) is 33.5. The molecule has 10 nitrogen and oxygen atoms in total. The summed E-state index contributed by atoms with van der Waals surface area (Å²) in [5, 5.41) is 4.35. The smallest absolute Gasteiger partial charge is 0.337 e. The van der Waals surface area contributed by atoms with Crippen molar-refractivity contribution >= 4 is 67.7 Å². The molecule has 4 aromatic carbocycles. The molecule has 1 saturated heterocycles. The molecule has 7 rings (SSSR count). The van der Waals surface area contributed by atoms with Gasteiger partial charge in [-0.3, -0.25) is 19.5 Å². The maximum absolute atomic E-state index is 14.7. The van der Waals surface area contributed by atoms with Gasteiger partial charge in [0.05, 0.1) is 29.1 Å². The monoisotopic (exact) mass is 728 g/mol. The minimum absolute atomic E-state index is 0.00942. The minimum atomic E-state index is -4.21. The van der Waals surface area contributed by atoms with Crippen LogP contribution in [0, 0.1) is 5.92 Å². The highest BCUT2D eigenvalue weighted by Gasteiger charge is 2.45. The van der Waals surface area contributed by atoms with E-state index in [2.05, 4.69) is 5.32 Å². The van der Waals surface area contributed by atoms with Gasteiger partial charge in [0.15, 0.2) is 0 Å². The van der Waals surface area contributed by atoms with Crippen LogP contribution in [0.5, 0.6) is 0 Å². The number of amidine groups is 1. The molecule has 254 valence electrons. The zero-order chi connectivity index (χ0) is 35.2. The second-order valence-electron chi connectivity index (χ2n) is 12.1. The van der Waals surface area contributed by atoms with Gasteiger partial charge in [0.1, 0.15) is 11.9 Å². The summed E-state index contributed by atoms with van der Waals surface area (Å²) in [6, 6.07) is 25.5. The van der Waals surface area contributed by atoms with Gasteiger partial charge in [-0.2, -0.15) is 0 Å². The van der Waals surface area contributed by atoms with Crippen LogP contribution in [-0.4, -0.2) is 54.6 Å². The predicted molar refractivity (Wildman–Crippen MR) is 190 cm³/mol. The van der Waals surface area contributed by atoms with E-state index >= 15 is 0 Å². The zero-order valence-electron chi connectivity index (χ0n) is 26.6. The second-order valence-corrected chi connectivity index (χ2v) is 14.8. The molecule has 0 aliphatic carbocycles. The Kier molecular flexibility index (Phi) is 8.98. The van der Waals surface area contributed by atoms with Gasteiger partial charge in [0, 0.05) is 46.1 Å². The lowest BCUT2D eigenvalue weighted by atomic mass is 9.90. The fraction of sp³-hybridized carbons (Fsp3) is 0.189. The number of para-hydroxylation sites is 1. The Hall–Kier alpha value is -4.97. The molecule has 1 N–H and O–H groups in total. The van der Waals surface area contributed by atoms with E-state index in [-0.39, 0.29) is 34.5 Å². The number of fused-ring (bicyclic) bond motifs is 1. The van der Waals surface area contributed by atoms with E-state index in [1.165, 1.54) is 37.6 Å². The number of aliphatic imine (C=N–C) groups is 1. The maximum atomic E-state index is 14.7. The van der Waals surface area contributed by atoms with E-state index in [0.717, 1.165) is 15.1 Å². The standard InChI is InChI=1S/C37H30Cl2N4O6S/c1-49-37(46)23-11-15-28(16-12-23)50(47,48)42-21-30(29-7-2-3-8-31(29)42)35-41-33(24-5-4-6-27(39)19-24)34(22-9-13-26(38)14-10-22)43(35)36(45)25-17-18-40-32(44)20-25/h2-16,19,21,25,33-34H,17-18,20H2,1H3,(H,40,44). The number of amides is 2. The van der Waals surface area contributed by atoms with Gasteiger partial charge in [-0.1, -0.05) is 65.7 Å². The molecule has 5 aromatic rings. The number of nitrogens with one attached hydrogen (secondary N) is 1. The van der Waals surface area contributed by atoms with Crippen LogP contribution in [-0.2, 0) is 24.3 Å². The average Bonchev–Trinajstić information content (AvgIpc) is 3.71. The summed E-state index contributed by atoms with van der Waals surface area (Å²) in [5.74, 6) is -1.49. The van der Waals surface area contributed by atoms with Crippen molar-refractivity contribution in [1.29, 1.82) is 0 Å². The molecular formula is C37H30Cl2N4O6S. The number of methoxy groups -OCH3 is 1. The Bertz CT molecular complexity index is 2290. The van der Waals surface area contributed by atoms with Crippen LogP contribution in [0.15, 0.2) is 113 Å². The zero-order valence-corrected chi connectivity index (χ0v) is 29.0. The van der Waals surface area contributed by atoms with E-state index in [1.807, 2.05) is 24.3 Å². The first-order valence-corrected chi connectivity index (χ1v) is 18.0. The molecular weight excluding hydrogens is 699 g/mol. The number of aromatic nitrogens is 1. The normalized spacial score (nSPS) is 19.3. The lowest BCUT2D eigenvalue weighted by Gasteiger charge is -2.33. The summed E-state index contributed by atoms with van der Waals surface area (Å²) in [6.07, 6.45) is 1.91. The largest absolute Gasteiger partial charge is 0.465 e. The highest BCUT2D eigenvalue weighted by atomic mass is 35.5. The number of hydrogen-bond donors (Lipinski definition) is 1. The van der Waals surface area contributed by atoms with Crippen LogP contribution in [0.2, 0.25) is 10.0 Å². The number of benzene rings is 4. The van der Waals surface area contributed by atoms with E-state index in [0.29, 0.717) is 39.5 Å². The fourth-order valence-electron chi connectivity index (χ4n) is 6.63. The van der Waals surface area contributed by atoms with E-state index in [4.69, 9.17) is 32.9 Å². The lowest BCUT2D eigenvalue weighted by molar-refractivity contribution is -0.138. The molecule has 0 bridgehead atoms. The summed E-state index contributed by atoms with van der Waals surface area (Å²) < 4.78 is 34.4. The van der Waals surface area contributed by atoms with Crippen molar-refractivity contribution in [2.45, 2.75) is 29.8 Å². The topological polar surface area (TPSA) is 127 Å². The third-order valence-corrected chi connectivity index (χ3v) is 11.2. The van der Waals surface area contributed by atoms with E-state index < -0.39 is 34.0 Å². The van der Waals surface area contributed by atoms with Crippen LogP contribution in [0.25, 0.3) is 10.9 Å². The van der Waals surface area contributed by atoms with Crippen molar-refractivity contribution < 1.29 is 27.5 Å². The number of esters is 1. The Morgan fingerprint density at radius 2 is 1.64 bits per heavy atom. The molecule has 0 radical (unpaired) electrons. The number of piperidine rings is 1. The number of carbonyl (C=O) groups is 3. The van der Waals surface area contributed by atoms with Gasteiger partial charge < -0.3 is 10.1 Å². The van der Waals surface area contributed by atoms with Crippen molar-refractivity contribution in [2.24, 2.45) is 10.9 Å². The molecule has 3 heterocycles. The molecule has 13 heteroatoms. The highest BCUT2D eigenvalue weighted by Crippen LogP contribution is 2.46. The summed E-state index contributed by atoms with van der Waals surface area (Å²) in [5.41, 5.74) is 2.46. The first-order valence-electron chi connectivity index (χ1n) is 15.8. The van der Waals surface area contributed by atoms with Crippen LogP contribution in [0.4, 0.5) is 0 Å². The minimum Gasteiger partial charge on any atom is -0.465 e. The number of carbonyl (C=O) groups excluding carboxylic acids is 3. The Balaban J connectivity index is 1.43. The van der Waals surface area contributed by atoms with Crippen molar-refractivity contribution in [3.63, 3.8) is 0 Å². The summed E-state index contributed by atoms with van der Waals surface area (Å²) >= 11 is 12.8. The molecule has 1 aromatic heterocycles. The van der Waals surface area contributed by atoms with E-state index in [1.54, 1.807) is 53.4 Å². The van der Waals surface area contributed by atoms with Gasteiger partial charge in [0.2, 0.25) is 11.8 Å². The molecule has 0 saturated carbocycles. The predicted octanol–water partition coefficient (Wildman–Crippen LogP) is 6.57. The van der Waals surface area contributed by atoms with Crippen LogP contribution in [0.3, 0.4) is 0 Å². The van der Waals surface area contributed by atoms with Crippen LogP contribution < -0.4 is 5.32 Å². The highest BCUT2D eigenvalue weighted by molar-refractivity contribution is 7.90. The SMILES string of the molecule is COC(=O)c1ccc(S(=O)(=O)n2cc(C3=NC(c4cccc(Cl)c4)C(c4ccc(Cl)cc4)N3C(=O)C3CCNC(=O)C3)c3ccccc32)cc1. The third-order valence-electron chi connectivity index (χ3n) is 9.05. The maximum Gasteiger partial charge on any atom is 0.337 e. The summed E-state index contributed by atoms with van der Waals surface area (Å²) in [4.78, 5) is 46.0. The number of hydrogen-bond acceptors (Lipinski definition) is 7. The number of ether oxygens (including phenoxy) is 1. The molecule has 1 fully saturated rings. The fourth-order valence-corrected chi connectivity index (χ4v) is 8.32. The van der Waals surface area contributed by atoms with Gasteiger partial charge in [0.25, 0.3) is 10.0 Å². The molecule has 2 aliphatic rings. The van der Waals surface area contributed by atoms with Crippen molar-refractivity contribution in [3.8, 4) is 0 Å². The van der Waals surface area contributed by atoms with Gasteiger partial charge >= 0.3 is 5.97 Å². The molecule has 3 atom stereocenters. The van der Waals surface area contributed by atoms with Gasteiger partial charge in [-0.25, -0.2) is 17.2 Å². The van der Waals surface area contributed by atoms with Gasteiger partial charge in [-0.05, 0) is 72.1 Å². The Morgan fingerprint density at radius 3 is 2.34 bits per heavy atom. The van der Waals surface area contributed by atoms with Crippen molar-refractivity contribution in [2.75, 3.05) is 13.7 Å². The quantitative estimate of drug-likeness (QED) is 0.189.